The number of amides is 1. The van der Waals surface area contributed by atoms with Crippen molar-refractivity contribution in [3.63, 3.8) is 0 Å². The van der Waals surface area contributed by atoms with Gasteiger partial charge in [-0.25, -0.2) is 13.8 Å². The molecule has 4 N–H and O–H groups in total. The number of aromatic nitrogens is 2. The number of alkyl halides is 2. The van der Waals surface area contributed by atoms with Crippen LogP contribution in [-0.2, 0) is 4.79 Å². The number of nitrogens with two attached hydrogens (primary N) is 1. The monoisotopic (exact) mass is 367 g/mol. The highest BCUT2D eigenvalue weighted by atomic mass is 19.3. The van der Waals surface area contributed by atoms with Gasteiger partial charge in [0.1, 0.15) is 5.82 Å². The molecular weight excluding hydrogens is 344 g/mol. The van der Waals surface area contributed by atoms with Gasteiger partial charge in [0.05, 0.1) is 11.3 Å². The molecular formula is C17H23F2N5O2. The van der Waals surface area contributed by atoms with Gasteiger partial charge in [-0.05, 0) is 25.9 Å². The smallest absolute Gasteiger partial charge is 0.259 e. The van der Waals surface area contributed by atoms with Gasteiger partial charge in [0.15, 0.2) is 0 Å². The number of halogens is 2. The molecule has 142 valence electrons. The van der Waals surface area contributed by atoms with Gasteiger partial charge in [-0.1, -0.05) is 0 Å². The molecule has 2 fully saturated rings. The number of rotatable bonds is 3. The van der Waals surface area contributed by atoms with Crippen LogP contribution in [0, 0.1) is 0 Å². The van der Waals surface area contributed by atoms with Gasteiger partial charge >= 0.3 is 0 Å². The normalized spacial score (nSPS) is 21.6. The first-order valence-electron chi connectivity index (χ1n) is 8.81. The Kier molecular flexibility index (Phi) is 5.36. The van der Waals surface area contributed by atoms with Crippen molar-refractivity contribution in [3.05, 3.63) is 34.1 Å². The summed E-state index contributed by atoms with van der Waals surface area (Å²) in [5, 5.41) is 3.25. The van der Waals surface area contributed by atoms with Crippen LogP contribution in [0.4, 0.5) is 8.78 Å². The summed E-state index contributed by atoms with van der Waals surface area (Å²) in [7, 11) is 0. The van der Waals surface area contributed by atoms with E-state index in [2.05, 4.69) is 15.3 Å². The lowest BCUT2D eigenvalue weighted by atomic mass is 9.94. The van der Waals surface area contributed by atoms with E-state index < -0.39 is 11.8 Å². The standard InChI is InChI=1S/C17H23F2N5O2/c18-17(19)3-7-24(8-4-17)16(26)12(10-20)15-22-13(9-14(25)23-15)11-1-5-21-6-2-11/h9-11,21H,1-8,20H2,(H,22,23,25). The second-order valence-corrected chi connectivity index (χ2v) is 6.77. The minimum absolute atomic E-state index is 0.0306. The van der Waals surface area contributed by atoms with Crippen LogP contribution in [0.3, 0.4) is 0 Å². The van der Waals surface area contributed by atoms with Gasteiger partial charge in [-0.2, -0.15) is 0 Å². The molecule has 0 saturated carbocycles. The molecule has 3 heterocycles. The van der Waals surface area contributed by atoms with Crippen molar-refractivity contribution in [2.24, 2.45) is 5.73 Å². The Morgan fingerprint density at radius 2 is 1.96 bits per heavy atom. The highest BCUT2D eigenvalue weighted by Gasteiger charge is 2.36. The maximum atomic E-state index is 13.3. The Morgan fingerprint density at radius 1 is 1.31 bits per heavy atom. The molecule has 0 bridgehead atoms. The largest absolute Gasteiger partial charge is 0.404 e. The van der Waals surface area contributed by atoms with E-state index in [1.54, 1.807) is 0 Å². The minimum atomic E-state index is -2.75. The number of carbonyl (C=O) groups is 1. The van der Waals surface area contributed by atoms with Gasteiger partial charge in [0, 0.05) is 44.1 Å². The number of hydrogen-bond acceptors (Lipinski definition) is 5. The fourth-order valence-electron chi connectivity index (χ4n) is 3.39. The van der Waals surface area contributed by atoms with Crippen molar-refractivity contribution >= 4 is 11.5 Å². The van der Waals surface area contributed by atoms with E-state index in [-0.39, 0.29) is 48.8 Å². The second-order valence-electron chi connectivity index (χ2n) is 6.77. The van der Waals surface area contributed by atoms with Crippen molar-refractivity contribution in [1.29, 1.82) is 0 Å². The average Bonchev–Trinajstić information content (AvgIpc) is 2.62. The molecule has 0 atom stereocenters. The molecule has 2 aliphatic rings. The Labute approximate surface area is 149 Å². The number of nitrogens with one attached hydrogen (secondary N) is 2. The molecule has 9 heteroatoms. The van der Waals surface area contributed by atoms with Gasteiger partial charge in [0.25, 0.3) is 17.4 Å². The summed E-state index contributed by atoms with van der Waals surface area (Å²) < 4.78 is 26.6. The van der Waals surface area contributed by atoms with E-state index in [1.807, 2.05) is 0 Å². The van der Waals surface area contributed by atoms with Crippen molar-refractivity contribution in [2.75, 3.05) is 26.2 Å². The zero-order valence-corrected chi connectivity index (χ0v) is 14.4. The number of piperidine rings is 2. The third kappa shape index (κ3) is 4.09. The van der Waals surface area contributed by atoms with Gasteiger partial charge in [-0.15, -0.1) is 0 Å². The average molecular weight is 367 g/mol. The van der Waals surface area contributed by atoms with Crippen LogP contribution in [0.2, 0.25) is 0 Å². The molecule has 1 aromatic rings. The van der Waals surface area contributed by atoms with Crippen LogP contribution in [-0.4, -0.2) is 52.9 Å². The summed E-state index contributed by atoms with van der Waals surface area (Å²) >= 11 is 0. The van der Waals surface area contributed by atoms with E-state index in [0.717, 1.165) is 32.1 Å². The van der Waals surface area contributed by atoms with Crippen molar-refractivity contribution in [3.8, 4) is 0 Å². The molecule has 7 nitrogen and oxygen atoms in total. The van der Waals surface area contributed by atoms with E-state index in [0.29, 0.717) is 5.69 Å². The Morgan fingerprint density at radius 3 is 2.58 bits per heavy atom. The predicted molar refractivity (Wildman–Crippen MR) is 92.6 cm³/mol. The van der Waals surface area contributed by atoms with Gasteiger partial charge < -0.3 is 20.9 Å². The number of carbonyl (C=O) groups excluding carboxylic acids is 1. The minimum Gasteiger partial charge on any atom is -0.404 e. The van der Waals surface area contributed by atoms with Crippen LogP contribution >= 0.6 is 0 Å². The third-order valence-electron chi connectivity index (χ3n) is 4.95. The molecule has 2 aliphatic heterocycles. The highest BCUT2D eigenvalue weighted by Crippen LogP contribution is 2.29. The van der Waals surface area contributed by atoms with Crippen LogP contribution in [0.5, 0.6) is 0 Å². The third-order valence-corrected chi connectivity index (χ3v) is 4.95. The van der Waals surface area contributed by atoms with Crippen LogP contribution in [0.15, 0.2) is 17.1 Å². The number of hydrogen-bond donors (Lipinski definition) is 3. The molecule has 26 heavy (non-hydrogen) atoms. The maximum absolute atomic E-state index is 13.3. The molecule has 0 radical (unpaired) electrons. The van der Waals surface area contributed by atoms with E-state index in [9.17, 15) is 18.4 Å². The summed E-state index contributed by atoms with van der Waals surface area (Å²) in [6, 6.07) is 1.44. The van der Waals surface area contributed by atoms with E-state index in [1.165, 1.54) is 11.0 Å². The molecule has 1 aromatic heterocycles. The zero-order chi connectivity index (χ0) is 18.7. The summed E-state index contributed by atoms with van der Waals surface area (Å²) in [4.78, 5) is 33.1. The van der Waals surface area contributed by atoms with Crippen molar-refractivity contribution < 1.29 is 13.6 Å². The van der Waals surface area contributed by atoms with Gasteiger partial charge in [0.2, 0.25) is 0 Å². The summed E-state index contributed by atoms with van der Waals surface area (Å²) in [6.07, 6.45) is 2.03. The molecule has 0 aliphatic carbocycles. The Bertz CT molecular complexity index is 746. The first kappa shape index (κ1) is 18.5. The number of aromatic amines is 1. The predicted octanol–water partition coefficient (Wildman–Crippen LogP) is 0.794. The van der Waals surface area contributed by atoms with Crippen LogP contribution in [0.1, 0.15) is 43.1 Å². The first-order valence-corrected chi connectivity index (χ1v) is 8.81. The molecule has 0 aromatic carbocycles. The topological polar surface area (TPSA) is 104 Å². The van der Waals surface area contributed by atoms with Crippen molar-refractivity contribution in [1.82, 2.24) is 20.2 Å². The molecule has 0 unspecified atom stereocenters. The lowest BCUT2D eigenvalue weighted by Gasteiger charge is -2.32. The highest BCUT2D eigenvalue weighted by molar-refractivity contribution is 6.18. The number of likely N-dealkylation sites (tertiary alicyclic amines) is 1. The fraction of sp³-hybridized carbons (Fsp3) is 0.588. The number of H-pyrrole nitrogens is 1. The maximum Gasteiger partial charge on any atom is 0.259 e. The Balaban J connectivity index is 1.82. The molecule has 1 amide bonds. The zero-order valence-electron chi connectivity index (χ0n) is 14.4. The molecule has 2 saturated heterocycles. The van der Waals surface area contributed by atoms with Crippen LogP contribution < -0.4 is 16.6 Å². The second kappa shape index (κ2) is 7.53. The van der Waals surface area contributed by atoms with E-state index >= 15 is 0 Å². The lowest BCUT2D eigenvalue weighted by molar-refractivity contribution is -0.131. The summed E-state index contributed by atoms with van der Waals surface area (Å²) in [5.41, 5.74) is 5.91. The Hall–Kier alpha value is -2.29. The summed E-state index contributed by atoms with van der Waals surface area (Å²) in [6.45, 7) is 1.58. The molecule has 3 rings (SSSR count). The summed E-state index contributed by atoms with van der Waals surface area (Å²) in [5.74, 6) is -3.00. The quantitative estimate of drug-likeness (QED) is 0.686. The molecule has 0 spiro atoms. The number of nitrogens with zero attached hydrogens (tertiary/aromatic N) is 2. The fourth-order valence-corrected chi connectivity index (χ4v) is 3.39. The lowest BCUT2D eigenvalue weighted by Crippen LogP contribution is -2.43. The van der Waals surface area contributed by atoms with Crippen LogP contribution in [0.25, 0.3) is 5.57 Å². The first-order chi connectivity index (χ1) is 12.4. The SMILES string of the molecule is NC=C(C(=O)N1CCC(F)(F)CC1)c1nc(C2CCNCC2)cc(=O)[nH]1. The van der Waals surface area contributed by atoms with Gasteiger partial charge in [-0.3, -0.25) is 9.59 Å². The van der Waals surface area contributed by atoms with E-state index in [4.69, 9.17) is 5.73 Å². The van der Waals surface area contributed by atoms with Crippen molar-refractivity contribution in [2.45, 2.75) is 37.5 Å².